The summed E-state index contributed by atoms with van der Waals surface area (Å²) < 4.78 is 5.27. The molecule has 142 valence electrons. The van der Waals surface area contributed by atoms with Gasteiger partial charge in [0.1, 0.15) is 0 Å². The first-order valence-electron chi connectivity index (χ1n) is 9.85. The van der Waals surface area contributed by atoms with Gasteiger partial charge in [0.05, 0.1) is 6.20 Å². The van der Waals surface area contributed by atoms with Crippen molar-refractivity contribution < 1.29 is 4.52 Å². The molecule has 28 heavy (non-hydrogen) atoms. The molecule has 0 fully saturated rings. The average molecular weight is 370 g/mol. The minimum absolute atomic E-state index is 0.448. The lowest BCUT2D eigenvalue weighted by molar-refractivity contribution is 0.456. The van der Waals surface area contributed by atoms with Gasteiger partial charge in [0.2, 0.25) is 0 Å². The highest BCUT2D eigenvalue weighted by molar-refractivity contribution is 5.76. The molecular weight excluding hydrogens is 344 g/mol. The van der Waals surface area contributed by atoms with E-state index in [9.17, 15) is 0 Å². The van der Waals surface area contributed by atoms with Crippen molar-refractivity contribution in [2.24, 2.45) is 5.73 Å². The molecule has 1 aromatic heterocycles. The fourth-order valence-electron chi connectivity index (χ4n) is 3.72. The highest BCUT2D eigenvalue weighted by Gasteiger charge is 2.16. The summed E-state index contributed by atoms with van der Waals surface area (Å²) in [7, 11) is 0. The molecule has 0 saturated carbocycles. The molecule has 0 aliphatic heterocycles. The van der Waals surface area contributed by atoms with E-state index in [4.69, 9.17) is 10.3 Å². The van der Waals surface area contributed by atoms with E-state index >= 15 is 0 Å². The Morgan fingerprint density at radius 2 is 1.36 bits per heavy atom. The molecule has 1 heterocycles. The van der Waals surface area contributed by atoms with Crippen LogP contribution in [0.1, 0.15) is 53.5 Å². The van der Waals surface area contributed by atoms with Crippen molar-refractivity contribution >= 4 is 11.0 Å². The minimum Gasteiger partial charge on any atom is -0.356 e. The number of nitrogens with zero attached hydrogens (tertiary/aromatic N) is 1. The summed E-state index contributed by atoms with van der Waals surface area (Å²) in [6, 6.07) is 24.0. The Bertz CT molecular complexity index is 1050. The van der Waals surface area contributed by atoms with Crippen LogP contribution in [-0.2, 0) is 13.0 Å². The first kappa shape index (κ1) is 18.5. The molecule has 2 atom stereocenters. The Morgan fingerprint density at radius 1 is 0.786 bits per heavy atom. The molecule has 4 rings (SSSR count). The number of fused-ring (bicyclic) bond motifs is 1. The van der Waals surface area contributed by atoms with Crippen molar-refractivity contribution in [2.75, 3.05) is 0 Å². The van der Waals surface area contributed by atoms with Crippen molar-refractivity contribution in [2.45, 2.75) is 38.6 Å². The van der Waals surface area contributed by atoms with Gasteiger partial charge in [-0.25, -0.2) is 0 Å². The number of hydrogen-bond donors (Lipinski definition) is 1. The Balaban J connectivity index is 1.46. The van der Waals surface area contributed by atoms with Crippen LogP contribution in [0.25, 0.3) is 11.0 Å². The van der Waals surface area contributed by atoms with Gasteiger partial charge in [0.25, 0.3) is 0 Å². The first-order valence-corrected chi connectivity index (χ1v) is 9.85. The van der Waals surface area contributed by atoms with E-state index in [1.807, 2.05) is 0 Å². The predicted octanol–water partition coefficient (Wildman–Crippen LogP) is 5.78. The number of nitrogens with two attached hydrogens (primary N) is 1. The van der Waals surface area contributed by atoms with Crippen LogP contribution in [0.5, 0.6) is 0 Å². The topological polar surface area (TPSA) is 52.0 Å². The predicted molar refractivity (Wildman–Crippen MR) is 114 cm³/mol. The van der Waals surface area contributed by atoms with Crippen LogP contribution >= 0.6 is 0 Å². The fraction of sp³-hybridized carbons (Fsp3) is 0.240. The van der Waals surface area contributed by atoms with Gasteiger partial charge >= 0.3 is 0 Å². The molecule has 0 saturated heterocycles. The van der Waals surface area contributed by atoms with E-state index < -0.39 is 0 Å². The van der Waals surface area contributed by atoms with E-state index in [1.54, 1.807) is 6.20 Å². The normalized spacial score (nSPS) is 13.5. The largest absolute Gasteiger partial charge is 0.356 e. The van der Waals surface area contributed by atoms with Crippen molar-refractivity contribution in [3.05, 3.63) is 101 Å². The fourth-order valence-corrected chi connectivity index (χ4v) is 3.72. The van der Waals surface area contributed by atoms with Gasteiger partial charge in [-0.15, -0.1) is 0 Å². The van der Waals surface area contributed by atoms with Gasteiger partial charge in [-0.05, 0) is 58.2 Å². The molecule has 0 radical (unpaired) electrons. The number of hydrogen-bond acceptors (Lipinski definition) is 3. The molecule has 0 aliphatic rings. The summed E-state index contributed by atoms with van der Waals surface area (Å²) in [5, 5.41) is 4.89. The lowest BCUT2D eigenvalue weighted by Crippen LogP contribution is -2.05. The van der Waals surface area contributed by atoms with Crippen molar-refractivity contribution in [1.29, 1.82) is 0 Å². The summed E-state index contributed by atoms with van der Waals surface area (Å²) in [6.45, 7) is 5.19. The molecular formula is C25H26N2O. The summed E-state index contributed by atoms with van der Waals surface area (Å²) in [5.41, 5.74) is 13.0. The second-order valence-corrected chi connectivity index (χ2v) is 7.64. The van der Waals surface area contributed by atoms with Gasteiger partial charge in [-0.1, -0.05) is 73.6 Å². The Hall–Kier alpha value is -2.91. The maximum atomic E-state index is 5.71. The van der Waals surface area contributed by atoms with Crippen LogP contribution < -0.4 is 5.73 Å². The zero-order valence-corrected chi connectivity index (χ0v) is 16.4. The van der Waals surface area contributed by atoms with Crippen LogP contribution in [0.15, 0.2) is 77.4 Å². The maximum Gasteiger partial charge on any atom is 0.167 e. The number of rotatable bonds is 6. The second-order valence-electron chi connectivity index (χ2n) is 7.64. The summed E-state index contributed by atoms with van der Waals surface area (Å²) in [6.07, 6.45) is 2.64. The smallest absolute Gasteiger partial charge is 0.167 e. The third kappa shape index (κ3) is 3.85. The molecule has 3 aromatic carbocycles. The molecule has 3 heteroatoms. The van der Waals surface area contributed by atoms with Crippen LogP contribution in [0.2, 0.25) is 0 Å². The second kappa shape index (κ2) is 7.99. The van der Waals surface area contributed by atoms with Gasteiger partial charge in [0, 0.05) is 11.9 Å². The van der Waals surface area contributed by atoms with Gasteiger partial charge in [0.15, 0.2) is 5.58 Å². The van der Waals surface area contributed by atoms with Gasteiger partial charge in [-0.2, -0.15) is 0 Å². The lowest BCUT2D eigenvalue weighted by Gasteiger charge is -2.21. The molecule has 0 bridgehead atoms. The third-order valence-corrected chi connectivity index (χ3v) is 5.83. The van der Waals surface area contributed by atoms with Crippen molar-refractivity contribution in [3.63, 3.8) is 0 Å². The Kier molecular flexibility index (Phi) is 5.27. The molecule has 4 aromatic rings. The maximum absolute atomic E-state index is 5.71. The van der Waals surface area contributed by atoms with E-state index in [1.165, 1.54) is 27.8 Å². The van der Waals surface area contributed by atoms with Gasteiger partial charge in [-0.3, -0.25) is 0 Å². The summed E-state index contributed by atoms with van der Waals surface area (Å²) in [5.74, 6) is 0.898. The minimum atomic E-state index is 0.448. The highest BCUT2D eigenvalue weighted by Crippen LogP contribution is 2.32. The monoisotopic (exact) mass is 370 g/mol. The average Bonchev–Trinajstić information content (AvgIpc) is 3.21. The molecule has 0 aliphatic carbocycles. The molecule has 0 spiro atoms. The molecule has 3 nitrogen and oxygen atoms in total. The van der Waals surface area contributed by atoms with Crippen LogP contribution in [0.3, 0.4) is 0 Å². The standard InChI is InChI=1S/C25H26N2O/c1-17(18(2)23-10-5-20(15-26)6-11-23)22-8-3-19(4-9-22)13-21-7-12-24-16-27-28-25(24)14-21/h3-12,14,16-18H,13,15,26H2,1-2H3. The van der Waals surface area contributed by atoms with E-state index in [0.29, 0.717) is 18.4 Å². The van der Waals surface area contributed by atoms with Gasteiger partial charge < -0.3 is 10.3 Å². The van der Waals surface area contributed by atoms with E-state index in [-0.39, 0.29) is 0 Å². The molecule has 0 amide bonds. The quantitative estimate of drug-likeness (QED) is 0.468. The number of benzene rings is 3. The number of aromatic nitrogens is 1. The molecule has 2 unspecified atom stereocenters. The lowest BCUT2D eigenvalue weighted by atomic mass is 9.83. The highest BCUT2D eigenvalue weighted by atomic mass is 16.5. The Morgan fingerprint density at radius 3 is 1.96 bits per heavy atom. The van der Waals surface area contributed by atoms with Crippen LogP contribution in [0.4, 0.5) is 0 Å². The van der Waals surface area contributed by atoms with Crippen LogP contribution in [-0.4, -0.2) is 5.16 Å². The summed E-state index contributed by atoms with van der Waals surface area (Å²) in [4.78, 5) is 0. The van der Waals surface area contributed by atoms with Crippen molar-refractivity contribution in [3.8, 4) is 0 Å². The van der Waals surface area contributed by atoms with Crippen molar-refractivity contribution in [1.82, 2.24) is 5.16 Å². The Labute approximate surface area is 166 Å². The van der Waals surface area contributed by atoms with E-state index in [2.05, 4.69) is 85.7 Å². The van der Waals surface area contributed by atoms with Crippen LogP contribution in [0, 0.1) is 0 Å². The summed E-state index contributed by atoms with van der Waals surface area (Å²) >= 11 is 0. The molecule has 2 N–H and O–H groups in total. The van der Waals surface area contributed by atoms with E-state index in [0.717, 1.165) is 17.4 Å². The SMILES string of the molecule is CC(c1ccc(CN)cc1)C(C)c1ccc(Cc2ccc3cnoc3c2)cc1. The zero-order chi connectivity index (χ0) is 19.5. The first-order chi connectivity index (χ1) is 13.6. The zero-order valence-electron chi connectivity index (χ0n) is 16.4. The third-order valence-electron chi connectivity index (χ3n) is 5.83.